The van der Waals surface area contributed by atoms with Gasteiger partial charge in [-0.25, -0.2) is 0 Å². The summed E-state index contributed by atoms with van der Waals surface area (Å²) < 4.78 is 0. The van der Waals surface area contributed by atoms with Gasteiger partial charge in [0.1, 0.15) is 0 Å². The summed E-state index contributed by atoms with van der Waals surface area (Å²) in [5.74, 6) is 1.93. The standard InChI is InChI=1S/C24H28N6O/c1-27-11-13-28(14-12-27)22-9-10-23(26-25-22)29-15-17-30(18-16-29)24(31)21-8-4-6-19-5-2-3-7-20(19)21/h2-10H,11-18H2,1H3. The average Bonchev–Trinajstić information content (AvgIpc) is 2.84. The van der Waals surface area contributed by atoms with E-state index in [-0.39, 0.29) is 5.91 Å². The third-order valence-corrected chi connectivity index (χ3v) is 6.37. The van der Waals surface area contributed by atoms with Gasteiger partial charge in [-0.3, -0.25) is 4.79 Å². The van der Waals surface area contributed by atoms with Gasteiger partial charge in [0.15, 0.2) is 11.6 Å². The number of likely N-dealkylation sites (N-methyl/N-ethyl adjacent to an activating group) is 1. The SMILES string of the molecule is CN1CCN(c2ccc(N3CCN(C(=O)c4cccc5ccccc45)CC3)nn2)CC1. The maximum absolute atomic E-state index is 13.2. The predicted molar refractivity (Wildman–Crippen MR) is 124 cm³/mol. The Kier molecular flexibility index (Phi) is 5.42. The third-order valence-electron chi connectivity index (χ3n) is 6.37. The summed E-state index contributed by atoms with van der Waals surface area (Å²) in [5.41, 5.74) is 0.780. The molecule has 2 fully saturated rings. The summed E-state index contributed by atoms with van der Waals surface area (Å²) in [6, 6.07) is 18.1. The molecule has 0 bridgehead atoms. The van der Waals surface area contributed by atoms with Crippen molar-refractivity contribution >= 4 is 28.3 Å². The summed E-state index contributed by atoms with van der Waals surface area (Å²) in [6.07, 6.45) is 0. The van der Waals surface area contributed by atoms with Crippen molar-refractivity contribution < 1.29 is 4.79 Å². The molecule has 0 spiro atoms. The van der Waals surface area contributed by atoms with Crippen LogP contribution in [0.15, 0.2) is 54.6 Å². The quantitative estimate of drug-likeness (QED) is 0.653. The summed E-state index contributed by atoms with van der Waals surface area (Å²) in [6.45, 7) is 6.97. The van der Waals surface area contributed by atoms with E-state index in [1.165, 1.54) is 0 Å². The molecule has 2 aromatic carbocycles. The Morgan fingerprint density at radius 2 is 1.29 bits per heavy atom. The lowest BCUT2D eigenvalue weighted by atomic mass is 10.0. The molecule has 5 rings (SSSR count). The molecule has 0 radical (unpaired) electrons. The molecule has 2 aliphatic heterocycles. The van der Waals surface area contributed by atoms with Crippen molar-refractivity contribution in [3.05, 3.63) is 60.2 Å². The topological polar surface area (TPSA) is 55.8 Å². The lowest BCUT2D eigenvalue weighted by molar-refractivity contribution is 0.0748. The van der Waals surface area contributed by atoms with Crippen LogP contribution >= 0.6 is 0 Å². The highest BCUT2D eigenvalue weighted by atomic mass is 16.2. The van der Waals surface area contributed by atoms with E-state index < -0.39 is 0 Å². The molecular weight excluding hydrogens is 388 g/mol. The second-order valence-electron chi connectivity index (χ2n) is 8.35. The molecule has 0 aliphatic carbocycles. The van der Waals surface area contributed by atoms with Crippen molar-refractivity contribution in [2.24, 2.45) is 0 Å². The zero-order chi connectivity index (χ0) is 21.2. The Morgan fingerprint density at radius 3 is 1.94 bits per heavy atom. The van der Waals surface area contributed by atoms with Crippen LogP contribution in [0.25, 0.3) is 10.8 Å². The minimum atomic E-state index is 0.105. The molecule has 3 heterocycles. The van der Waals surface area contributed by atoms with Gasteiger partial charge in [0.25, 0.3) is 5.91 Å². The second-order valence-corrected chi connectivity index (χ2v) is 8.35. The molecule has 160 valence electrons. The van der Waals surface area contributed by atoms with E-state index in [1.807, 2.05) is 35.2 Å². The number of benzene rings is 2. The van der Waals surface area contributed by atoms with Crippen molar-refractivity contribution in [2.45, 2.75) is 0 Å². The normalized spacial score (nSPS) is 17.9. The molecule has 2 aliphatic rings. The van der Waals surface area contributed by atoms with Crippen LogP contribution in [0.1, 0.15) is 10.4 Å². The van der Waals surface area contributed by atoms with Gasteiger partial charge in [0.05, 0.1) is 0 Å². The predicted octanol–water partition coefficient (Wildman–Crippen LogP) is 2.34. The molecule has 1 aromatic heterocycles. The first kappa shape index (κ1) is 19.8. The highest BCUT2D eigenvalue weighted by Gasteiger charge is 2.24. The fourth-order valence-electron chi connectivity index (χ4n) is 4.41. The fraction of sp³-hybridized carbons (Fsp3) is 0.375. The van der Waals surface area contributed by atoms with Crippen LogP contribution in [-0.2, 0) is 0 Å². The molecule has 1 amide bonds. The Bertz CT molecular complexity index is 1050. The van der Waals surface area contributed by atoms with Crippen LogP contribution in [0, 0.1) is 0 Å². The monoisotopic (exact) mass is 416 g/mol. The molecule has 0 unspecified atom stereocenters. The van der Waals surface area contributed by atoms with Gasteiger partial charge < -0.3 is 19.6 Å². The van der Waals surface area contributed by atoms with E-state index in [0.29, 0.717) is 13.1 Å². The van der Waals surface area contributed by atoms with Crippen molar-refractivity contribution in [1.29, 1.82) is 0 Å². The maximum Gasteiger partial charge on any atom is 0.254 e. The summed E-state index contributed by atoms with van der Waals surface area (Å²) in [7, 11) is 2.15. The van der Waals surface area contributed by atoms with Crippen LogP contribution in [-0.4, -0.2) is 85.3 Å². The van der Waals surface area contributed by atoms with Gasteiger partial charge in [0.2, 0.25) is 0 Å². The minimum Gasteiger partial charge on any atom is -0.353 e. The number of carbonyl (C=O) groups excluding carboxylic acids is 1. The number of rotatable bonds is 3. The van der Waals surface area contributed by atoms with Gasteiger partial charge in [-0.05, 0) is 36.0 Å². The van der Waals surface area contributed by atoms with E-state index >= 15 is 0 Å². The summed E-state index contributed by atoms with van der Waals surface area (Å²) in [4.78, 5) is 22.0. The highest BCUT2D eigenvalue weighted by Crippen LogP contribution is 2.22. The minimum absolute atomic E-state index is 0.105. The summed E-state index contributed by atoms with van der Waals surface area (Å²) in [5, 5.41) is 11.1. The molecule has 0 atom stereocenters. The number of hydrogen-bond donors (Lipinski definition) is 0. The van der Waals surface area contributed by atoms with E-state index in [2.05, 4.69) is 56.2 Å². The molecular formula is C24H28N6O. The molecule has 0 saturated carbocycles. The van der Waals surface area contributed by atoms with E-state index in [0.717, 1.165) is 67.2 Å². The van der Waals surface area contributed by atoms with Crippen molar-refractivity contribution in [1.82, 2.24) is 20.0 Å². The number of nitrogens with zero attached hydrogens (tertiary/aromatic N) is 6. The zero-order valence-corrected chi connectivity index (χ0v) is 17.9. The number of anilines is 2. The smallest absolute Gasteiger partial charge is 0.254 e. The Hall–Kier alpha value is -3.19. The van der Waals surface area contributed by atoms with E-state index in [4.69, 9.17) is 0 Å². The van der Waals surface area contributed by atoms with Crippen molar-refractivity contribution in [3.8, 4) is 0 Å². The maximum atomic E-state index is 13.2. The molecule has 31 heavy (non-hydrogen) atoms. The number of piperazine rings is 2. The summed E-state index contributed by atoms with van der Waals surface area (Å²) >= 11 is 0. The number of carbonyl (C=O) groups is 1. The average molecular weight is 417 g/mol. The highest BCUT2D eigenvalue weighted by molar-refractivity contribution is 6.07. The molecule has 2 saturated heterocycles. The van der Waals surface area contributed by atoms with Crippen LogP contribution < -0.4 is 9.80 Å². The van der Waals surface area contributed by atoms with Gasteiger partial charge in [-0.15, -0.1) is 10.2 Å². The lowest BCUT2D eigenvalue weighted by Gasteiger charge is -2.36. The van der Waals surface area contributed by atoms with E-state index in [9.17, 15) is 4.79 Å². The first-order chi connectivity index (χ1) is 15.2. The number of hydrogen-bond acceptors (Lipinski definition) is 6. The van der Waals surface area contributed by atoms with Crippen molar-refractivity contribution in [2.75, 3.05) is 69.2 Å². The van der Waals surface area contributed by atoms with Crippen LogP contribution in [0.3, 0.4) is 0 Å². The Balaban J connectivity index is 1.22. The molecule has 7 nitrogen and oxygen atoms in total. The molecule has 7 heteroatoms. The first-order valence-electron chi connectivity index (χ1n) is 11.0. The Labute approximate surface area is 182 Å². The zero-order valence-electron chi connectivity index (χ0n) is 17.9. The Morgan fingerprint density at radius 1 is 0.710 bits per heavy atom. The second kappa shape index (κ2) is 8.51. The van der Waals surface area contributed by atoms with Gasteiger partial charge >= 0.3 is 0 Å². The molecule has 3 aromatic rings. The van der Waals surface area contributed by atoms with E-state index in [1.54, 1.807) is 0 Å². The van der Waals surface area contributed by atoms with Gasteiger partial charge in [-0.1, -0.05) is 36.4 Å². The number of fused-ring (bicyclic) bond motifs is 1. The third kappa shape index (κ3) is 4.05. The van der Waals surface area contributed by atoms with Crippen LogP contribution in [0.4, 0.5) is 11.6 Å². The molecule has 0 N–H and O–H groups in total. The van der Waals surface area contributed by atoms with Crippen molar-refractivity contribution in [3.63, 3.8) is 0 Å². The first-order valence-corrected chi connectivity index (χ1v) is 11.0. The van der Waals surface area contributed by atoms with Crippen LogP contribution in [0.2, 0.25) is 0 Å². The number of amides is 1. The van der Waals surface area contributed by atoms with Gasteiger partial charge in [0, 0.05) is 57.9 Å². The van der Waals surface area contributed by atoms with Gasteiger partial charge in [-0.2, -0.15) is 0 Å². The fourth-order valence-corrected chi connectivity index (χ4v) is 4.41. The lowest BCUT2D eigenvalue weighted by Crippen LogP contribution is -2.49. The largest absolute Gasteiger partial charge is 0.353 e. The van der Waals surface area contributed by atoms with Crippen LogP contribution in [0.5, 0.6) is 0 Å². The number of aromatic nitrogens is 2.